The van der Waals surface area contributed by atoms with Crippen LogP contribution >= 0.6 is 11.3 Å². The number of rotatable bonds is 7. The molecule has 0 fully saturated rings. The monoisotopic (exact) mass is 242 g/mol. The Bertz CT molecular complexity index is 284. The number of hydrogen-bond acceptors (Lipinski definition) is 4. The van der Waals surface area contributed by atoms with E-state index < -0.39 is 0 Å². The van der Waals surface area contributed by atoms with E-state index in [0.29, 0.717) is 0 Å². The van der Waals surface area contributed by atoms with E-state index in [-0.39, 0.29) is 6.61 Å². The third-order valence-electron chi connectivity index (χ3n) is 2.50. The van der Waals surface area contributed by atoms with Crippen molar-refractivity contribution in [2.75, 3.05) is 18.0 Å². The molecule has 4 heteroatoms. The molecule has 0 spiro atoms. The quantitative estimate of drug-likeness (QED) is 0.798. The fraction of sp³-hybridized carbons (Fsp3) is 0.750. The van der Waals surface area contributed by atoms with Crippen molar-refractivity contribution in [2.24, 2.45) is 0 Å². The third-order valence-corrected chi connectivity index (χ3v) is 3.65. The second-order valence-corrected chi connectivity index (χ2v) is 4.93. The van der Waals surface area contributed by atoms with E-state index in [0.717, 1.165) is 48.1 Å². The van der Waals surface area contributed by atoms with Gasteiger partial charge in [-0.1, -0.05) is 32.1 Å². The van der Waals surface area contributed by atoms with Crippen molar-refractivity contribution in [1.82, 2.24) is 4.98 Å². The maximum atomic E-state index is 9.26. The van der Waals surface area contributed by atoms with Gasteiger partial charge in [-0.2, -0.15) is 0 Å². The highest BCUT2D eigenvalue weighted by molar-refractivity contribution is 7.15. The molecule has 0 aliphatic carbocycles. The van der Waals surface area contributed by atoms with E-state index in [9.17, 15) is 5.11 Å². The fourth-order valence-electron chi connectivity index (χ4n) is 1.75. The minimum Gasteiger partial charge on any atom is -0.391 e. The molecule has 1 N–H and O–H groups in total. The van der Waals surface area contributed by atoms with Gasteiger partial charge in [0.1, 0.15) is 0 Å². The summed E-state index contributed by atoms with van der Waals surface area (Å²) in [4.78, 5) is 7.97. The van der Waals surface area contributed by atoms with Gasteiger partial charge >= 0.3 is 0 Å². The lowest BCUT2D eigenvalue weighted by Crippen LogP contribution is -2.24. The molecule has 0 atom stereocenters. The van der Waals surface area contributed by atoms with E-state index in [4.69, 9.17) is 0 Å². The Morgan fingerprint density at radius 2 is 1.81 bits per heavy atom. The van der Waals surface area contributed by atoms with Gasteiger partial charge in [-0.05, 0) is 19.3 Å². The minimum absolute atomic E-state index is 0.118. The SMILES string of the molecule is CCCN(CCC)c1nc(CC)c(CO)s1. The number of aliphatic hydroxyl groups is 1. The first-order chi connectivity index (χ1) is 7.76. The highest BCUT2D eigenvalue weighted by atomic mass is 32.1. The molecule has 3 nitrogen and oxygen atoms in total. The topological polar surface area (TPSA) is 36.4 Å². The molecule has 0 aliphatic rings. The number of hydrogen-bond donors (Lipinski definition) is 1. The van der Waals surface area contributed by atoms with Crippen molar-refractivity contribution in [1.29, 1.82) is 0 Å². The van der Waals surface area contributed by atoms with Crippen molar-refractivity contribution >= 4 is 16.5 Å². The van der Waals surface area contributed by atoms with Gasteiger partial charge in [-0.25, -0.2) is 4.98 Å². The molecule has 16 heavy (non-hydrogen) atoms. The molecular formula is C12H22N2OS. The molecule has 1 aromatic rings. The number of nitrogens with zero attached hydrogens (tertiary/aromatic N) is 2. The van der Waals surface area contributed by atoms with Crippen LogP contribution in [0.1, 0.15) is 44.2 Å². The zero-order valence-corrected chi connectivity index (χ0v) is 11.3. The Balaban J connectivity index is 2.86. The Labute approximate surface area is 102 Å². The maximum absolute atomic E-state index is 9.26. The summed E-state index contributed by atoms with van der Waals surface area (Å²) in [6.45, 7) is 8.67. The zero-order valence-electron chi connectivity index (χ0n) is 10.5. The van der Waals surface area contributed by atoms with Crippen LogP contribution in [0.3, 0.4) is 0 Å². The highest BCUT2D eigenvalue weighted by Gasteiger charge is 2.13. The zero-order chi connectivity index (χ0) is 12.0. The lowest BCUT2D eigenvalue weighted by molar-refractivity contribution is 0.284. The Morgan fingerprint density at radius 3 is 2.19 bits per heavy atom. The van der Waals surface area contributed by atoms with E-state index in [1.807, 2.05) is 0 Å². The summed E-state index contributed by atoms with van der Waals surface area (Å²) < 4.78 is 0. The number of aromatic nitrogens is 1. The van der Waals surface area contributed by atoms with Gasteiger partial charge in [0, 0.05) is 13.1 Å². The second-order valence-electron chi connectivity index (χ2n) is 3.87. The van der Waals surface area contributed by atoms with Gasteiger partial charge in [0.2, 0.25) is 0 Å². The summed E-state index contributed by atoms with van der Waals surface area (Å²) in [6.07, 6.45) is 3.17. The van der Waals surface area contributed by atoms with E-state index >= 15 is 0 Å². The molecular weight excluding hydrogens is 220 g/mol. The molecule has 92 valence electrons. The predicted molar refractivity (Wildman–Crippen MR) is 70.2 cm³/mol. The molecule has 0 aromatic carbocycles. The Morgan fingerprint density at radius 1 is 1.19 bits per heavy atom. The van der Waals surface area contributed by atoms with Crippen LogP contribution in [0.4, 0.5) is 5.13 Å². The van der Waals surface area contributed by atoms with Crippen LogP contribution in [0.2, 0.25) is 0 Å². The number of anilines is 1. The summed E-state index contributed by atoms with van der Waals surface area (Å²) in [6, 6.07) is 0. The fourth-order valence-corrected chi connectivity index (χ4v) is 2.81. The van der Waals surface area contributed by atoms with Crippen LogP contribution in [0.15, 0.2) is 0 Å². The summed E-state index contributed by atoms with van der Waals surface area (Å²) >= 11 is 1.64. The van der Waals surface area contributed by atoms with Crippen LogP contribution in [0.25, 0.3) is 0 Å². The van der Waals surface area contributed by atoms with Crippen molar-refractivity contribution in [2.45, 2.75) is 46.6 Å². The molecule has 0 radical (unpaired) electrons. The molecule has 1 rings (SSSR count). The van der Waals surface area contributed by atoms with E-state index in [2.05, 4.69) is 30.7 Å². The van der Waals surface area contributed by atoms with Gasteiger partial charge in [0.05, 0.1) is 17.2 Å². The average Bonchev–Trinajstić information content (AvgIpc) is 2.71. The highest BCUT2D eigenvalue weighted by Crippen LogP contribution is 2.27. The van der Waals surface area contributed by atoms with Crippen molar-refractivity contribution in [3.05, 3.63) is 10.6 Å². The van der Waals surface area contributed by atoms with Gasteiger partial charge < -0.3 is 10.0 Å². The van der Waals surface area contributed by atoms with Crippen LogP contribution in [0.5, 0.6) is 0 Å². The van der Waals surface area contributed by atoms with Crippen LogP contribution in [0, 0.1) is 0 Å². The third kappa shape index (κ3) is 3.19. The predicted octanol–water partition coefficient (Wildman–Crippen LogP) is 2.82. The first kappa shape index (κ1) is 13.5. The summed E-state index contributed by atoms with van der Waals surface area (Å²) in [7, 11) is 0. The summed E-state index contributed by atoms with van der Waals surface area (Å²) in [5, 5.41) is 10.3. The maximum Gasteiger partial charge on any atom is 0.185 e. The number of thiazole rings is 1. The van der Waals surface area contributed by atoms with E-state index in [1.54, 1.807) is 11.3 Å². The van der Waals surface area contributed by atoms with Gasteiger partial charge in [0.25, 0.3) is 0 Å². The smallest absolute Gasteiger partial charge is 0.185 e. The molecule has 0 saturated carbocycles. The van der Waals surface area contributed by atoms with Gasteiger partial charge in [0.15, 0.2) is 5.13 Å². The summed E-state index contributed by atoms with van der Waals surface area (Å²) in [5.74, 6) is 0. The standard InChI is InChI=1S/C12H22N2OS/c1-4-7-14(8-5-2)12-13-10(6-3)11(9-15)16-12/h15H,4-9H2,1-3H3. The number of aryl methyl sites for hydroxylation is 1. The van der Waals surface area contributed by atoms with Crippen molar-refractivity contribution in [3.8, 4) is 0 Å². The van der Waals surface area contributed by atoms with Crippen LogP contribution in [-0.2, 0) is 13.0 Å². The Kier molecular flexibility index (Phi) is 5.77. The minimum atomic E-state index is 0.118. The Hall–Kier alpha value is -0.610. The first-order valence-corrected chi connectivity index (χ1v) is 6.92. The molecule has 0 bridgehead atoms. The lowest BCUT2D eigenvalue weighted by atomic mass is 10.3. The lowest BCUT2D eigenvalue weighted by Gasteiger charge is -2.19. The van der Waals surface area contributed by atoms with Crippen LogP contribution < -0.4 is 4.90 Å². The first-order valence-electron chi connectivity index (χ1n) is 6.11. The largest absolute Gasteiger partial charge is 0.391 e. The average molecular weight is 242 g/mol. The molecule has 0 saturated heterocycles. The normalized spacial score (nSPS) is 10.8. The van der Waals surface area contributed by atoms with Gasteiger partial charge in [-0.15, -0.1) is 0 Å². The molecule has 0 amide bonds. The van der Waals surface area contributed by atoms with Crippen LogP contribution in [-0.4, -0.2) is 23.2 Å². The second kappa shape index (κ2) is 6.86. The molecule has 0 unspecified atom stereocenters. The van der Waals surface area contributed by atoms with Gasteiger partial charge in [-0.3, -0.25) is 0 Å². The van der Waals surface area contributed by atoms with Crippen molar-refractivity contribution < 1.29 is 5.11 Å². The van der Waals surface area contributed by atoms with Crippen molar-refractivity contribution in [3.63, 3.8) is 0 Å². The molecule has 0 aliphatic heterocycles. The van der Waals surface area contributed by atoms with E-state index in [1.165, 1.54) is 0 Å². The molecule has 1 aromatic heterocycles. The molecule has 1 heterocycles. The number of aliphatic hydroxyl groups excluding tert-OH is 1. The summed E-state index contributed by atoms with van der Waals surface area (Å²) in [5.41, 5.74) is 1.06.